The van der Waals surface area contributed by atoms with Crippen LogP contribution in [0.4, 0.5) is 0 Å². The number of halogens is 1. The van der Waals surface area contributed by atoms with Crippen molar-refractivity contribution in [3.05, 3.63) is 70.2 Å². The fraction of sp³-hybridized carbons (Fsp3) is 0.294. The Morgan fingerprint density at radius 1 is 1.05 bits per heavy atom. The predicted octanol–water partition coefficient (Wildman–Crippen LogP) is 4.02. The van der Waals surface area contributed by atoms with Gasteiger partial charge in [0.1, 0.15) is 0 Å². The van der Waals surface area contributed by atoms with Crippen molar-refractivity contribution in [2.75, 3.05) is 19.7 Å². The minimum atomic E-state index is 0.181. The summed E-state index contributed by atoms with van der Waals surface area (Å²) in [5.41, 5.74) is 2.62. The zero-order valence-corrected chi connectivity index (χ0v) is 12.9. The Labute approximate surface area is 128 Å². The molecule has 0 aliphatic carbocycles. The van der Waals surface area contributed by atoms with E-state index in [1.165, 1.54) is 11.1 Å². The number of ether oxygens (including phenoxy) is 1. The minimum Gasteiger partial charge on any atom is -0.371 e. The minimum absolute atomic E-state index is 0.181. The Balaban J connectivity index is 1.66. The third-order valence-electron chi connectivity index (χ3n) is 3.64. The Bertz CT molecular complexity index is 541. The molecule has 2 nitrogen and oxygen atoms in total. The van der Waals surface area contributed by atoms with Crippen LogP contribution in [0.1, 0.15) is 17.2 Å². The molecule has 3 rings (SSSR count). The van der Waals surface area contributed by atoms with Crippen molar-refractivity contribution in [3.8, 4) is 0 Å². The number of rotatable bonds is 3. The van der Waals surface area contributed by atoms with E-state index in [0.29, 0.717) is 0 Å². The van der Waals surface area contributed by atoms with Gasteiger partial charge in [-0.05, 0) is 23.3 Å². The van der Waals surface area contributed by atoms with Gasteiger partial charge >= 0.3 is 0 Å². The molecule has 20 heavy (non-hydrogen) atoms. The molecule has 104 valence electrons. The Morgan fingerprint density at radius 3 is 2.55 bits per heavy atom. The van der Waals surface area contributed by atoms with Gasteiger partial charge < -0.3 is 4.74 Å². The average molecular weight is 332 g/mol. The lowest BCUT2D eigenvalue weighted by molar-refractivity contribution is -0.0329. The third-order valence-corrected chi connectivity index (χ3v) is 4.17. The molecule has 0 spiro atoms. The zero-order valence-electron chi connectivity index (χ0n) is 11.3. The van der Waals surface area contributed by atoms with Crippen LogP contribution in [0.15, 0.2) is 59.1 Å². The van der Waals surface area contributed by atoms with Gasteiger partial charge in [-0.3, -0.25) is 4.90 Å². The lowest BCUT2D eigenvalue weighted by Crippen LogP contribution is -2.37. The highest BCUT2D eigenvalue weighted by Crippen LogP contribution is 2.24. The van der Waals surface area contributed by atoms with Crippen LogP contribution < -0.4 is 0 Å². The van der Waals surface area contributed by atoms with Gasteiger partial charge in [-0.25, -0.2) is 0 Å². The zero-order chi connectivity index (χ0) is 13.8. The average Bonchev–Trinajstić information content (AvgIpc) is 2.49. The van der Waals surface area contributed by atoms with E-state index in [1.54, 1.807) is 0 Å². The third kappa shape index (κ3) is 3.48. The van der Waals surface area contributed by atoms with Crippen molar-refractivity contribution in [2.45, 2.75) is 12.6 Å². The van der Waals surface area contributed by atoms with Crippen molar-refractivity contribution in [1.82, 2.24) is 4.90 Å². The molecule has 0 amide bonds. The molecule has 0 saturated carbocycles. The smallest absolute Gasteiger partial charge is 0.0952 e. The molecular weight excluding hydrogens is 314 g/mol. The van der Waals surface area contributed by atoms with Crippen molar-refractivity contribution in [1.29, 1.82) is 0 Å². The molecule has 2 aromatic rings. The molecule has 1 atom stereocenters. The van der Waals surface area contributed by atoms with Gasteiger partial charge in [0.15, 0.2) is 0 Å². The Hall–Kier alpha value is -1.16. The van der Waals surface area contributed by atoms with Gasteiger partial charge in [-0.15, -0.1) is 0 Å². The van der Waals surface area contributed by atoms with E-state index < -0.39 is 0 Å². The highest BCUT2D eigenvalue weighted by molar-refractivity contribution is 9.10. The van der Waals surface area contributed by atoms with E-state index in [4.69, 9.17) is 4.74 Å². The van der Waals surface area contributed by atoms with Crippen LogP contribution in [0.25, 0.3) is 0 Å². The quantitative estimate of drug-likeness (QED) is 0.842. The van der Waals surface area contributed by atoms with E-state index in [-0.39, 0.29) is 6.10 Å². The highest BCUT2D eigenvalue weighted by atomic mass is 79.9. The Morgan fingerprint density at radius 2 is 1.80 bits per heavy atom. The van der Waals surface area contributed by atoms with Crippen LogP contribution in [-0.2, 0) is 11.3 Å². The summed E-state index contributed by atoms with van der Waals surface area (Å²) in [6, 6.07) is 19.1. The van der Waals surface area contributed by atoms with Crippen LogP contribution in [0, 0.1) is 0 Å². The lowest BCUT2D eigenvalue weighted by Gasteiger charge is -2.33. The summed E-state index contributed by atoms with van der Waals surface area (Å²) in [7, 11) is 0. The van der Waals surface area contributed by atoms with Gasteiger partial charge in [0, 0.05) is 24.1 Å². The summed E-state index contributed by atoms with van der Waals surface area (Å²) in [6.45, 7) is 3.75. The van der Waals surface area contributed by atoms with Crippen molar-refractivity contribution in [2.24, 2.45) is 0 Å². The largest absolute Gasteiger partial charge is 0.371 e. The first-order valence-corrected chi connectivity index (χ1v) is 7.74. The van der Waals surface area contributed by atoms with Crippen LogP contribution in [0.5, 0.6) is 0 Å². The number of hydrogen-bond acceptors (Lipinski definition) is 2. The van der Waals surface area contributed by atoms with Gasteiger partial charge in [-0.1, -0.05) is 58.4 Å². The maximum atomic E-state index is 5.91. The normalized spacial score (nSPS) is 19.9. The first kappa shape index (κ1) is 13.8. The van der Waals surface area contributed by atoms with Gasteiger partial charge in [0.05, 0.1) is 12.7 Å². The summed E-state index contributed by atoms with van der Waals surface area (Å²) < 4.78 is 7.02. The number of benzene rings is 2. The van der Waals surface area contributed by atoms with E-state index in [1.807, 2.05) is 0 Å². The summed E-state index contributed by atoms with van der Waals surface area (Å²) >= 11 is 3.47. The molecule has 1 saturated heterocycles. The molecule has 2 aromatic carbocycles. The van der Waals surface area contributed by atoms with E-state index >= 15 is 0 Å². The number of hydrogen-bond donors (Lipinski definition) is 0. The van der Waals surface area contributed by atoms with Crippen molar-refractivity contribution < 1.29 is 4.74 Å². The van der Waals surface area contributed by atoms with E-state index in [2.05, 4.69) is 75.4 Å². The summed E-state index contributed by atoms with van der Waals surface area (Å²) in [5, 5.41) is 0. The molecule has 0 bridgehead atoms. The first-order chi connectivity index (χ1) is 9.81. The summed E-state index contributed by atoms with van der Waals surface area (Å²) in [4.78, 5) is 2.46. The molecule has 1 fully saturated rings. The van der Waals surface area contributed by atoms with Crippen LogP contribution in [0.2, 0.25) is 0 Å². The van der Waals surface area contributed by atoms with Crippen LogP contribution in [-0.4, -0.2) is 24.6 Å². The molecule has 0 radical (unpaired) electrons. The summed E-state index contributed by atoms with van der Waals surface area (Å²) in [5.74, 6) is 0. The molecule has 0 aromatic heterocycles. The molecule has 3 heteroatoms. The molecule has 1 aliphatic heterocycles. The predicted molar refractivity (Wildman–Crippen MR) is 84.6 cm³/mol. The number of morpholine rings is 1. The second-order valence-corrected chi connectivity index (χ2v) is 6.05. The highest BCUT2D eigenvalue weighted by Gasteiger charge is 2.21. The van der Waals surface area contributed by atoms with Gasteiger partial charge in [0.25, 0.3) is 0 Å². The molecule has 0 N–H and O–H groups in total. The van der Waals surface area contributed by atoms with Crippen LogP contribution in [0.3, 0.4) is 0 Å². The number of nitrogens with zero attached hydrogens (tertiary/aromatic N) is 1. The summed E-state index contributed by atoms with van der Waals surface area (Å²) in [6.07, 6.45) is 0.181. The molecular formula is C17H18BrNO. The SMILES string of the molecule is Brc1ccc([C@H]2CN(Cc3ccccc3)CCO2)cc1. The molecule has 1 heterocycles. The van der Waals surface area contributed by atoms with E-state index in [0.717, 1.165) is 30.7 Å². The maximum Gasteiger partial charge on any atom is 0.0952 e. The van der Waals surface area contributed by atoms with Crippen molar-refractivity contribution >= 4 is 15.9 Å². The molecule has 0 unspecified atom stereocenters. The molecule has 1 aliphatic rings. The second kappa shape index (κ2) is 6.53. The fourth-order valence-electron chi connectivity index (χ4n) is 2.57. The first-order valence-electron chi connectivity index (χ1n) is 6.94. The monoisotopic (exact) mass is 331 g/mol. The standard InChI is InChI=1S/C17H18BrNO/c18-16-8-6-15(7-9-16)17-13-19(10-11-20-17)12-14-4-2-1-3-5-14/h1-9,17H,10-13H2/t17-/m1/s1. The fourth-order valence-corrected chi connectivity index (χ4v) is 2.83. The Kier molecular flexibility index (Phi) is 4.51. The van der Waals surface area contributed by atoms with Crippen LogP contribution >= 0.6 is 15.9 Å². The van der Waals surface area contributed by atoms with E-state index in [9.17, 15) is 0 Å². The second-order valence-electron chi connectivity index (χ2n) is 5.13. The van der Waals surface area contributed by atoms with Gasteiger partial charge in [0.2, 0.25) is 0 Å². The lowest BCUT2D eigenvalue weighted by atomic mass is 10.1. The topological polar surface area (TPSA) is 12.5 Å². The van der Waals surface area contributed by atoms with Gasteiger partial charge in [-0.2, -0.15) is 0 Å². The van der Waals surface area contributed by atoms with Crippen molar-refractivity contribution in [3.63, 3.8) is 0 Å². The maximum absolute atomic E-state index is 5.91.